The van der Waals surface area contributed by atoms with Gasteiger partial charge < -0.3 is 14.6 Å². The van der Waals surface area contributed by atoms with Gasteiger partial charge in [0.1, 0.15) is 11.3 Å². The van der Waals surface area contributed by atoms with Gasteiger partial charge in [-0.15, -0.1) is 0 Å². The van der Waals surface area contributed by atoms with Crippen molar-refractivity contribution in [3.05, 3.63) is 52.4 Å². The van der Waals surface area contributed by atoms with Crippen molar-refractivity contribution in [2.45, 2.75) is 13.5 Å². The summed E-state index contributed by atoms with van der Waals surface area (Å²) in [4.78, 5) is 21.8. The highest BCUT2D eigenvalue weighted by Gasteiger charge is 2.14. The minimum atomic E-state index is -1.06. The van der Waals surface area contributed by atoms with Crippen LogP contribution in [0.5, 0.6) is 0 Å². The molecule has 0 aliphatic carbocycles. The SMILES string of the molecule is Cc1nc2ccc(C(=O)O)nc2n1Cc1ccc(N(C)C)cc1Cl. The van der Waals surface area contributed by atoms with Crippen molar-refractivity contribution in [3.63, 3.8) is 0 Å². The molecule has 3 aromatic rings. The number of carbonyl (C=O) groups is 1. The number of aromatic nitrogens is 3. The number of aryl methyl sites for hydroxylation is 1. The number of aromatic carboxylic acids is 1. The Morgan fingerprint density at radius 1 is 1.25 bits per heavy atom. The predicted molar refractivity (Wildman–Crippen MR) is 94.1 cm³/mol. The van der Waals surface area contributed by atoms with Gasteiger partial charge in [0, 0.05) is 24.8 Å². The number of anilines is 1. The van der Waals surface area contributed by atoms with Gasteiger partial charge in [-0.05, 0) is 36.8 Å². The fourth-order valence-corrected chi connectivity index (χ4v) is 2.77. The van der Waals surface area contributed by atoms with Crippen molar-refractivity contribution in [3.8, 4) is 0 Å². The summed E-state index contributed by atoms with van der Waals surface area (Å²) >= 11 is 6.40. The van der Waals surface area contributed by atoms with Gasteiger partial charge in [0.15, 0.2) is 11.3 Å². The molecule has 7 heteroatoms. The molecular weight excluding hydrogens is 328 g/mol. The Morgan fingerprint density at radius 2 is 2.00 bits per heavy atom. The quantitative estimate of drug-likeness (QED) is 0.787. The third kappa shape index (κ3) is 2.92. The van der Waals surface area contributed by atoms with E-state index >= 15 is 0 Å². The van der Waals surface area contributed by atoms with Crippen molar-refractivity contribution in [2.24, 2.45) is 0 Å². The lowest BCUT2D eigenvalue weighted by Crippen LogP contribution is -2.09. The van der Waals surface area contributed by atoms with E-state index in [1.807, 2.05) is 48.7 Å². The average molecular weight is 345 g/mol. The Hall–Kier alpha value is -2.60. The van der Waals surface area contributed by atoms with Gasteiger partial charge >= 0.3 is 5.97 Å². The Kier molecular flexibility index (Phi) is 4.15. The molecule has 0 fully saturated rings. The third-order valence-electron chi connectivity index (χ3n) is 3.88. The Morgan fingerprint density at radius 3 is 2.62 bits per heavy atom. The number of imidazole rings is 1. The van der Waals surface area contributed by atoms with E-state index < -0.39 is 5.97 Å². The van der Waals surface area contributed by atoms with E-state index in [0.717, 1.165) is 17.1 Å². The molecule has 124 valence electrons. The molecule has 0 atom stereocenters. The van der Waals surface area contributed by atoms with Gasteiger partial charge in [-0.1, -0.05) is 17.7 Å². The zero-order chi connectivity index (χ0) is 17.4. The number of carboxylic acid groups (broad SMARTS) is 1. The van der Waals surface area contributed by atoms with Crippen LogP contribution in [-0.2, 0) is 6.54 Å². The second-order valence-electron chi connectivity index (χ2n) is 5.76. The lowest BCUT2D eigenvalue weighted by Gasteiger charge is -2.15. The summed E-state index contributed by atoms with van der Waals surface area (Å²) in [5.74, 6) is -0.302. The number of hydrogen-bond acceptors (Lipinski definition) is 4. The van der Waals surface area contributed by atoms with E-state index in [2.05, 4.69) is 9.97 Å². The number of pyridine rings is 1. The fourth-order valence-electron chi connectivity index (χ4n) is 2.54. The van der Waals surface area contributed by atoms with Gasteiger partial charge in [0.2, 0.25) is 0 Å². The van der Waals surface area contributed by atoms with Crippen LogP contribution in [-0.4, -0.2) is 39.7 Å². The first-order valence-electron chi connectivity index (χ1n) is 7.39. The first-order chi connectivity index (χ1) is 11.4. The molecule has 0 aliphatic rings. The van der Waals surface area contributed by atoms with E-state index in [0.29, 0.717) is 22.7 Å². The molecule has 0 aliphatic heterocycles. The third-order valence-corrected chi connectivity index (χ3v) is 4.24. The van der Waals surface area contributed by atoms with Crippen LogP contribution in [0.15, 0.2) is 30.3 Å². The summed E-state index contributed by atoms with van der Waals surface area (Å²) in [5, 5.41) is 9.79. The summed E-state index contributed by atoms with van der Waals surface area (Å²) in [5.41, 5.74) is 3.14. The first-order valence-corrected chi connectivity index (χ1v) is 7.77. The molecule has 0 radical (unpaired) electrons. The topological polar surface area (TPSA) is 71.2 Å². The number of fused-ring (bicyclic) bond motifs is 1. The number of benzene rings is 1. The molecule has 0 unspecified atom stereocenters. The molecule has 24 heavy (non-hydrogen) atoms. The van der Waals surface area contributed by atoms with Gasteiger partial charge in [0.25, 0.3) is 0 Å². The van der Waals surface area contributed by atoms with Gasteiger partial charge in [-0.2, -0.15) is 0 Å². The van der Waals surface area contributed by atoms with Gasteiger partial charge in [-0.3, -0.25) is 0 Å². The molecule has 1 N–H and O–H groups in total. The van der Waals surface area contributed by atoms with Crippen molar-refractivity contribution in [2.75, 3.05) is 19.0 Å². The van der Waals surface area contributed by atoms with E-state index in [9.17, 15) is 4.79 Å². The fraction of sp³-hybridized carbons (Fsp3) is 0.235. The molecule has 2 aromatic heterocycles. The van der Waals surface area contributed by atoms with E-state index in [1.54, 1.807) is 6.07 Å². The van der Waals surface area contributed by atoms with Crippen molar-refractivity contribution in [1.82, 2.24) is 14.5 Å². The highest BCUT2D eigenvalue weighted by Crippen LogP contribution is 2.25. The highest BCUT2D eigenvalue weighted by atomic mass is 35.5. The van der Waals surface area contributed by atoms with Crippen LogP contribution < -0.4 is 4.90 Å². The second kappa shape index (κ2) is 6.13. The van der Waals surface area contributed by atoms with E-state index in [-0.39, 0.29) is 5.69 Å². The van der Waals surface area contributed by atoms with Gasteiger partial charge in [-0.25, -0.2) is 14.8 Å². The van der Waals surface area contributed by atoms with Crippen LogP contribution in [0.1, 0.15) is 21.9 Å². The van der Waals surface area contributed by atoms with E-state index in [4.69, 9.17) is 16.7 Å². The van der Waals surface area contributed by atoms with Crippen LogP contribution >= 0.6 is 11.6 Å². The Labute approximate surface area is 144 Å². The van der Waals surface area contributed by atoms with Crippen LogP contribution in [0.25, 0.3) is 11.2 Å². The summed E-state index contributed by atoms with van der Waals surface area (Å²) in [7, 11) is 3.91. The van der Waals surface area contributed by atoms with Crippen molar-refractivity contribution >= 4 is 34.4 Å². The van der Waals surface area contributed by atoms with Crippen LogP contribution in [0.2, 0.25) is 5.02 Å². The largest absolute Gasteiger partial charge is 0.477 e. The standard InChI is InChI=1S/C17H17ClN4O2/c1-10-19-14-6-7-15(17(23)24)20-16(14)22(10)9-11-4-5-12(21(2)3)8-13(11)18/h4-8H,9H2,1-3H3,(H,23,24). The Bertz CT molecular complexity index is 934. The number of nitrogens with zero attached hydrogens (tertiary/aromatic N) is 4. The zero-order valence-corrected chi connectivity index (χ0v) is 14.4. The normalized spacial score (nSPS) is 11.0. The minimum absolute atomic E-state index is 0.00213. The average Bonchev–Trinajstić information content (AvgIpc) is 2.84. The molecule has 0 spiro atoms. The Balaban J connectivity index is 2.05. The highest BCUT2D eigenvalue weighted by molar-refractivity contribution is 6.31. The predicted octanol–water partition coefficient (Wildman–Crippen LogP) is 3.21. The molecular formula is C17H17ClN4O2. The number of halogens is 1. The lowest BCUT2D eigenvalue weighted by atomic mass is 10.2. The molecule has 1 aromatic carbocycles. The molecule has 2 heterocycles. The molecule has 3 rings (SSSR count). The number of carboxylic acids is 1. The van der Waals surface area contributed by atoms with Crippen LogP contribution in [0, 0.1) is 6.92 Å². The lowest BCUT2D eigenvalue weighted by molar-refractivity contribution is 0.0691. The maximum Gasteiger partial charge on any atom is 0.354 e. The molecule has 6 nitrogen and oxygen atoms in total. The van der Waals surface area contributed by atoms with Crippen molar-refractivity contribution < 1.29 is 9.90 Å². The monoisotopic (exact) mass is 344 g/mol. The number of rotatable bonds is 4. The van der Waals surface area contributed by atoms with Crippen molar-refractivity contribution in [1.29, 1.82) is 0 Å². The molecule has 0 saturated carbocycles. The van der Waals surface area contributed by atoms with Crippen LogP contribution in [0.3, 0.4) is 0 Å². The van der Waals surface area contributed by atoms with Crippen LogP contribution in [0.4, 0.5) is 5.69 Å². The maximum absolute atomic E-state index is 11.2. The molecule has 0 bridgehead atoms. The maximum atomic E-state index is 11.2. The smallest absolute Gasteiger partial charge is 0.354 e. The molecule has 0 saturated heterocycles. The molecule has 0 amide bonds. The summed E-state index contributed by atoms with van der Waals surface area (Å²) in [6, 6.07) is 8.99. The summed E-state index contributed by atoms with van der Waals surface area (Å²) < 4.78 is 1.87. The second-order valence-corrected chi connectivity index (χ2v) is 6.17. The number of hydrogen-bond donors (Lipinski definition) is 1. The van der Waals surface area contributed by atoms with E-state index in [1.165, 1.54) is 6.07 Å². The summed E-state index contributed by atoms with van der Waals surface area (Å²) in [6.07, 6.45) is 0. The first kappa shape index (κ1) is 16.3. The zero-order valence-electron chi connectivity index (χ0n) is 13.6. The minimum Gasteiger partial charge on any atom is -0.477 e. The van der Waals surface area contributed by atoms with Gasteiger partial charge in [0.05, 0.1) is 6.54 Å². The summed E-state index contributed by atoms with van der Waals surface area (Å²) in [6.45, 7) is 2.34.